The van der Waals surface area contributed by atoms with Gasteiger partial charge < -0.3 is 10.0 Å². The lowest BCUT2D eigenvalue weighted by Crippen LogP contribution is -2.51. The van der Waals surface area contributed by atoms with E-state index in [0.717, 1.165) is 17.8 Å². The number of hydrogen-bond donors (Lipinski definition) is 1. The summed E-state index contributed by atoms with van der Waals surface area (Å²) in [6.07, 6.45) is 0.861. The smallest absolute Gasteiger partial charge is 0.129 e. The fourth-order valence-corrected chi connectivity index (χ4v) is 2.45. The van der Waals surface area contributed by atoms with Crippen molar-refractivity contribution >= 4 is 16.7 Å². The molecule has 94 valence electrons. The molecule has 3 rings (SSSR count). The average Bonchev–Trinajstić information content (AvgIpc) is 2.34. The van der Waals surface area contributed by atoms with Gasteiger partial charge in [0.2, 0.25) is 0 Å². The molecule has 0 unspecified atom stereocenters. The van der Waals surface area contributed by atoms with Crippen LogP contribution in [0, 0.1) is 6.92 Å². The molecule has 0 atom stereocenters. The molecule has 1 fully saturated rings. The zero-order valence-corrected chi connectivity index (χ0v) is 10.8. The van der Waals surface area contributed by atoms with Gasteiger partial charge in [-0.15, -0.1) is 0 Å². The number of rotatable bonds is 2. The number of pyridine rings is 1. The maximum Gasteiger partial charge on any atom is 0.129 e. The number of aliphatic hydroxyl groups is 1. The molecule has 0 saturated carbocycles. The molecule has 1 aromatic heterocycles. The van der Waals surface area contributed by atoms with E-state index in [-0.39, 0.29) is 6.10 Å². The van der Waals surface area contributed by atoms with Gasteiger partial charge in [0.05, 0.1) is 11.6 Å². The lowest BCUT2D eigenvalue weighted by Gasteiger charge is -2.37. The van der Waals surface area contributed by atoms with Crippen LogP contribution in [-0.4, -0.2) is 29.3 Å². The van der Waals surface area contributed by atoms with E-state index in [1.165, 1.54) is 16.5 Å². The van der Waals surface area contributed by atoms with Gasteiger partial charge in [-0.3, -0.25) is 0 Å². The van der Waals surface area contributed by atoms with Crippen LogP contribution in [0.4, 0.5) is 5.82 Å². The van der Waals surface area contributed by atoms with Crippen molar-refractivity contribution in [3.63, 3.8) is 0 Å². The second-order valence-electron chi connectivity index (χ2n) is 5.06. The lowest BCUT2D eigenvalue weighted by molar-refractivity contribution is 0.141. The SMILES string of the molecule is CCc1ccc2nc(N3CC(O)C3)cc(C)c2c1. The maximum atomic E-state index is 9.36. The average molecular weight is 242 g/mol. The number of nitrogens with zero attached hydrogens (tertiary/aromatic N) is 2. The van der Waals surface area contributed by atoms with Crippen LogP contribution in [0.3, 0.4) is 0 Å². The van der Waals surface area contributed by atoms with Crippen LogP contribution >= 0.6 is 0 Å². The van der Waals surface area contributed by atoms with Crippen LogP contribution in [0.15, 0.2) is 24.3 Å². The fraction of sp³-hybridized carbons (Fsp3) is 0.400. The van der Waals surface area contributed by atoms with Gasteiger partial charge in [-0.05, 0) is 42.7 Å². The van der Waals surface area contributed by atoms with E-state index in [1.54, 1.807) is 0 Å². The highest BCUT2D eigenvalue weighted by molar-refractivity contribution is 5.84. The first-order valence-corrected chi connectivity index (χ1v) is 6.50. The summed E-state index contributed by atoms with van der Waals surface area (Å²) in [6.45, 7) is 5.69. The minimum atomic E-state index is -0.190. The van der Waals surface area contributed by atoms with Gasteiger partial charge in [0.15, 0.2) is 0 Å². The van der Waals surface area contributed by atoms with Crippen LogP contribution in [0.5, 0.6) is 0 Å². The third kappa shape index (κ3) is 1.85. The summed E-state index contributed by atoms with van der Waals surface area (Å²) in [4.78, 5) is 6.80. The number of aryl methyl sites for hydroxylation is 2. The zero-order chi connectivity index (χ0) is 12.7. The standard InChI is InChI=1S/C15H18N2O/c1-3-11-4-5-14-13(7-11)10(2)6-15(16-14)17-8-12(18)9-17/h4-7,12,18H,3,8-9H2,1-2H3. The van der Waals surface area contributed by atoms with Gasteiger partial charge in [-0.25, -0.2) is 4.98 Å². The molecule has 2 aromatic rings. The van der Waals surface area contributed by atoms with Crippen molar-refractivity contribution in [1.82, 2.24) is 4.98 Å². The Hall–Kier alpha value is -1.61. The normalized spacial score (nSPS) is 16.1. The number of β-amino-alcohol motifs (C(OH)–C–C–N with tert-alkyl or cyclic N) is 1. The van der Waals surface area contributed by atoms with E-state index >= 15 is 0 Å². The maximum absolute atomic E-state index is 9.36. The molecule has 0 bridgehead atoms. The number of anilines is 1. The molecule has 0 radical (unpaired) electrons. The predicted molar refractivity (Wildman–Crippen MR) is 74.1 cm³/mol. The number of hydrogen-bond acceptors (Lipinski definition) is 3. The van der Waals surface area contributed by atoms with Gasteiger partial charge in [0.25, 0.3) is 0 Å². The van der Waals surface area contributed by atoms with E-state index in [4.69, 9.17) is 0 Å². The minimum absolute atomic E-state index is 0.190. The van der Waals surface area contributed by atoms with Crippen LogP contribution in [0.2, 0.25) is 0 Å². The second kappa shape index (κ2) is 4.25. The van der Waals surface area contributed by atoms with E-state index in [2.05, 4.69) is 48.0 Å². The van der Waals surface area contributed by atoms with E-state index < -0.39 is 0 Å². The molecule has 0 aliphatic carbocycles. The highest BCUT2D eigenvalue weighted by Gasteiger charge is 2.25. The molecular formula is C15H18N2O. The van der Waals surface area contributed by atoms with Crippen molar-refractivity contribution in [1.29, 1.82) is 0 Å². The van der Waals surface area contributed by atoms with Gasteiger partial charge in [0, 0.05) is 18.5 Å². The summed E-state index contributed by atoms with van der Waals surface area (Å²) in [5.74, 6) is 0.981. The van der Waals surface area contributed by atoms with Gasteiger partial charge in [-0.2, -0.15) is 0 Å². The molecule has 0 amide bonds. The lowest BCUT2D eigenvalue weighted by atomic mass is 10.0. The molecule has 1 aliphatic heterocycles. The summed E-state index contributed by atoms with van der Waals surface area (Å²) in [5.41, 5.74) is 3.65. The predicted octanol–water partition coefficient (Wildman–Crippen LogP) is 2.29. The first kappa shape index (κ1) is 11.5. The summed E-state index contributed by atoms with van der Waals surface area (Å²) in [6, 6.07) is 8.59. The van der Waals surface area contributed by atoms with Crippen molar-refractivity contribution in [2.24, 2.45) is 0 Å². The molecular weight excluding hydrogens is 224 g/mol. The molecule has 1 N–H and O–H groups in total. The molecule has 3 heteroatoms. The largest absolute Gasteiger partial charge is 0.389 e. The first-order chi connectivity index (χ1) is 8.67. The molecule has 3 nitrogen and oxygen atoms in total. The quantitative estimate of drug-likeness (QED) is 0.877. The Morgan fingerprint density at radius 2 is 2.11 bits per heavy atom. The summed E-state index contributed by atoms with van der Waals surface area (Å²) in [5, 5.41) is 10.6. The Morgan fingerprint density at radius 3 is 2.78 bits per heavy atom. The summed E-state index contributed by atoms with van der Waals surface area (Å²) in [7, 11) is 0. The zero-order valence-electron chi connectivity index (χ0n) is 10.8. The Kier molecular flexibility index (Phi) is 2.71. The van der Waals surface area contributed by atoms with E-state index in [9.17, 15) is 5.11 Å². The summed E-state index contributed by atoms with van der Waals surface area (Å²) < 4.78 is 0. The van der Waals surface area contributed by atoms with E-state index in [1.807, 2.05) is 0 Å². The topological polar surface area (TPSA) is 36.4 Å². The fourth-order valence-electron chi connectivity index (χ4n) is 2.45. The van der Waals surface area contributed by atoms with Crippen LogP contribution in [0.25, 0.3) is 10.9 Å². The number of benzene rings is 1. The highest BCUT2D eigenvalue weighted by atomic mass is 16.3. The molecule has 1 saturated heterocycles. The molecule has 2 heterocycles. The van der Waals surface area contributed by atoms with Gasteiger partial charge in [-0.1, -0.05) is 13.0 Å². The molecule has 1 aliphatic rings. The van der Waals surface area contributed by atoms with Gasteiger partial charge in [0.1, 0.15) is 5.82 Å². The van der Waals surface area contributed by atoms with Crippen molar-refractivity contribution in [2.75, 3.05) is 18.0 Å². The summed E-state index contributed by atoms with van der Waals surface area (Å²) >= 11 is 0. The monoisotopic (exact) mass is 242 g/mol. The van der Waals surface area contributed by atoms with Crippen LogP contribution < -0.4 is 4.90 Å². The van der Waals surface area contributed by atoms with Crippen molar-refractivity contribution in [3.8, 4) is 0 Å². The van der Waals surface area contributed by atoms with Crippen molar-refractivity contribution in [2.45, 2.75) is 26.4 Å². The highest BCUT2D eigenvalue weighted by Crippen LogP contribution is 2.26. The number of aromatic nitrogens is 1. The Morgan fingerprint density at radius 1 is 1.33 bits per heavy atom. The first-order valence-electron chi connectivity index (χ1n) is 6.50. The van der Waals surface area contributed by atoms with Crippen molar-refractivity contribution < 1.29 is 5.11 Å². The van der Waals surface area contributed by atoms with Crippen LogP contribution in [-0.2, 0) is 6.42 Å². The van der Waals surface area contributed by atoms with Gasteiger partial charge >= 0.3 is 0 Å². The number of aliphatic hydroxyl groups excluding tert-OH is 1. The molecule has 0 spiro atoms. The Balaban J connectivity index is 2.05. The third-order valence-electron chi connectivity index (χ3n) is 3.66. The second-order valence-corrected chi connectivity index (χ2v) is 5.06. The Labute approximate surface area is 107 Å². The van der Waals surface area contributed by atoms with Crippen molar-refractivity contribution in [3.05, 3.63) is 35.4 Å². The minimum Gasteiger partial charge on any atom is -0.389 e. The van der Waals surface area contributed by atoms with Crippen LogP contribution in [0.1, 0.15) is 18.1 Å². The third-order valence-corrected chi connectivity index (χ3v) is 3.66. The van der Waals surface area contributed by atoms with E-state index in [0.29, 0.717) is 13.1 Å². The molecule has 18 heavy (non-hydrogen) atoms. The molecule has 1 aromatic carbocycles. The Bertz CT molecular complexity index is 588. The number of fused-ring (bicyclic) bond motifs is 1.